The van der Waals surface area contributed by atoms with Crippen LogP contribution in [-0.2, 0) is 30.7 Å². The zero-order valence-electron chi connectivity index (χ0n) is 12.8. The van der Waals surface area contributed by atoms with Crippen molar-refractivity contribution >= 4 is 5.91 Å². The second-order valence-corrected chi connectivity index (χ2v) is 5.75. The predicted molar refractivity (Wildman–Crippen MR) is 83.2 cm³/mol. The molecular weight excluding hydrogens is 278 g/mol. The Labute approximate surface area is 130 Å². The van der Waals surface area contributed by atoms with Gasteiger partial charge in [-0.25, -0.2) is 4.98 Å². The molecule has 5 heteroatoms. The molecule has 1 aromatic carbocycles. The molecule has 1 amide bonds. The number of amides is 1. The Kier molecular flexibility index (Phi) is 4.24. The van der Waals surface area contributed by atoms with E-state index in [-0.39, 0.29) is 5.91 Å². The molecule has 0 radical (unpaired) electrons. The second kappa shape index (κ2) is 6.32. The summed E-state index contributed by atoms with van der Waals surface area (Å²) in [6.45, 7) is 3.55. The van der Waals surface area contributed by atoms with Crippen LogP contribution in [-0.4, -0.2) is 38.1 Å². The van der Waals surface area contributed by atoms with Gasteiger partial charge in [0.05, 0.1) is 18.6 Å². The highest BCUT2D eigenvalue weighted by atomic mass is 16.3. The van der Waals surface area contributed by atoms with Crippen LogP contribution in [0.5, 0.6) is 0 Å². The molecule has 1 aliphatic heterocycles. The summed E-state index contributed by atoms with van der Waals surface area (Å²) < 4.78 is 2.19. The Hall–Kier alpha value is -2.14. The van der Waals surface area contributed by atoms with E-state index >= 15 is 0 Å². The number of aromatic nitrogens is 2. The number of aliphatic hydroxyl groups is 1. The standard InChI is InChI=1S/C17H21N3O2/c1-13(21)17(22)19-10-8-16-15(11-19)18-12-20(16)9-7-14-5-3-2-4-6-14/h2-6,12-13,21H,7-11H2,1H3/t13-/m1/s1. The maximum Gasteiger partial charge on any atom is 0.251 e. The lowest BCUT2D eigenvalue weighted by Gasteiger charge is -2.28. The molecular formula is C17H21N3O2. The molecule has 0 bridgehead atoms. The molecule has 22 heavy (non-hydrogen) atoms. The highest BCUT2D eigenvalue weighted by molar-refractivity contribution is 5.80. The summed E-state index contributed by atoms with van der Waals surface area (Å²) >= 11 is 0. The lowest BCUT2D eigenvalue weighted by atomic mass is 10.1. The minimum absolute atomic E-state index is 0.218. The summed E-state index contributed by atoms with van der Waals surface area (Å²) in [5.74, 6) is -0.218. The first-order chi connectivity index (χ1) is 10.6. The molecule has 3 rings (SSSR count). The van der Waals surface area contributed by atoms with Crippen LogP contribution in [0.15, 0.2) is 36.7 Å². The first-order valence-electron chi connectivity index (χ1n) is 7.69. The number of benzene rings is 1. The SMILES string of the molecule is C[C@@H](O)C(=O)N1CCc2c(ncn2CCc2ccccc2)C1. The fourth-order valence-corrected chi connectivity index (χ4v) is 2.91. The van der Waals surface area contributed by atoms with Crippen LogP contribution in [0.1, 0.15) is 23.9 Å². The van der Waals surface area contributed by atoms with Crippen molar-refractivity contribution in [1.29, 1.82) is 0 Å². The van der Waals surface area contributed by atoms with Crippen LogP contribution >= 0.6 is 0 Å². The van der Waals surface area contributed by atoms with Gasteiger partial charge in [0.2, 0.25) is 0 Å². The molecule has 0 saturated carbocycles. The minimum atomic E-state index is -0.943. The molecule has 5 nitrogen and oxygen atoms in total. The van der Waals surface area contributed by atoms with Gasteiger partial charge in [0.15, 0.2) is 0 Å². The lowest BCUT2D eigenvalue weighted by molar-refractivity contribution is -0.140. The number of aryl methyl sites for hydroxylation is 2. The maximum atomic E-state index is 11.9. The van der Waals surface area contributed by atoms with E-state index in [9.17, 15) is 9.90 Å². The van der Waals surface area contributed by atoms with Crippen LogP contribution in [0.25, 0.3) is 0 Å². The summed E-state index contributed by atoms with van der Waals surface area (Å²) in [6, 6.07) is 10.4. The smallest absolute Gasteiger partial charge is 0.251 e. The molecule has 1 atom stereocenters. The molecule has 1 aliphatic rings. The van der Waals surface area contributed by atoms with E-state index in [4.69, 9.17) is 0 Å². The number of rotatable bonds is 4. The second-order valence-electron chi connectivity index (χ2n) is 5.75. The van der Waals surface area contributed by atoms with Gasteiger partial charge >= 0.3 is 0 Å². The largest absolute Gasteiger partial charge is 0.384 e. The monoisotopic (exact) mass is 299 g/mol. The van der Waals surface area contributed by atoms with Crippen molar-refractivity contribution in [2.24, 2.45) is 0 Å². The van der Waals surface area contributed by atoms with Crippen LogP contribution in [0.2, 0.25) is 0 Å². The summed E-state index contributed by atoms with van der Waals surface area (Å²) in [7, 11) is 0. The normalized spacial score (nSPS) is 15.5. The highest BCUT2D eigenvalue weighted by Crippen LogP contribution is 2.19. The van der Waals surface area contributed by atoms with Crippen LogP contribution in [0.4, 0.5) is 0 Å². The zero-order valence-corrected chi connectivity index (χ0v) is 12.8. The fraction of sp³-hybridized carbons (Fsp3) is 0.412. The van der Waals surface area contributed by atoms with Crippen molar-refractivity contribution < 1.29 is 9.90 Å². The number of carbonyl (C=O) groups is 1. The number of aliphatic hydroxyl groups excluding tert-OH is 1. The van der Waals surface area contributed by atoms with Crippen molar-refractivity contribution in [2.45, 2.75) is 39.0 Å². The number of imidazole rings is 1. The van der Waals surface area contributed by atoms with Crippen LogP contribution in [0.3, 0.4) is 0 Å². The van der Waals surface area contributed by atoms with E-state index in [2.05, 4.69) is 33.8 Å². The summed E-state index contributed by atoms with van der Waals surface area (Å²) in [5.41, 5.74) is 3.48. The van der Waals surface area contributed by atoms with Crippen molar-refractivity contribution in [1.82, 2.24) is 14.5 Å². The number of nitrogens with zero attached hydrogens (tertiary/aromatic N) is 3. The zero-order chi connectivity index (χ0) is 15.5. The maximum absolute atomic E-state index is 11.9. The van der Waals surface area contributed by atoms with Crippen LogP contribution < -0.4 is 0 Å². The van der Waals surface area contributed by atoms with Crippen molar-refractivity contribution in [3.8, 4) is 0 Å². The van der Waals surface area contributed by atoms with Gasteiger partial charge in [-0.3, -0.25) is 4.79 Å². The summed E-state index contributed by atoms with van der Waals surface area (Å²) in [4.78, 5) is 18.0. The van der Waals surface area contributed by atoms with E-state index in [1.54, 1.807) is 4.90 Å². The van der Waals surface area contributed by atoms with Crippen molar-refractivity contribution in [3.05, 3.63) is 53.6 Å². The molecule has 0 saturated heterocycles. The molecule has 0 spiro atoms. The third-order valence-corrected chi connectivity index (χ3v) is 4.15. The molecule has 1 N–H and O–H groups in total. The molecule has 0 fully saturated rings. The Morgan fingerprint density at radius 2 is 2.14 bits per heavy atom. The van der Waals surface area contributed by atoms with Crippen molar-refractivity contribution in [2.75, 3.05) is 6.54 Å². The fourth-order valence-electron chi connectivity index (χ4n) is 2.91. The third kappa shape index (κ3) is 3.04. The predicted octanol–water partition coefficient (Wildman–Crippen LogP) is 1.39. The highest BCUT2D eigenvalue weighted by Gasteiger charge is 2.26. The van der Waals surface area contributed by atoms with Gasteiger partial charge < -0.3 is 14.6 Å². The third-order valence-electron chi connectivity index (χ3n) is 4.15. The van der Waals surface area contributed by atoms with Gasteiger partial charge in [-0.15, -0.1) is 0 Å². The average molecular weight is 299 g/mol. The first kappa shape index (κ1) is 14.8. The minimum Gasteiger partial charge on any atom is -0.384 e. The Bertz CT molecular complexity index is 649. The van der Waals surface area contributed by atoms with Crippen LogP contribution in [0, 0.1) is 0 Å². The molecule has 1 aromatic heterocycles. The quantitative estimate of drug-likeness (QED) is 0.928. The number of hydrogen-bond acceptors (Lipinski definition) is 3. The van der Waals surface area contributed by atoms with E-state index in [1.165, 1.54) is 18.2 Å². The summed E-state index contributed by atoms with van der Waals surface area (Å²) in [6.07, 6.45) is 2.69. The lowest BCUT2D eigenvalue weighted by Crippen LogP contribution is -2.41. The number of hydrogen-bond donors (Lipinski definition) is 1. The van der Waals surface area contributed by atoms with Gasteiger partial charge in [-0.2, -0.15) is 0 Å². The molecule has 0 aliphatic carbocycles. The Morgan fingerprint density at radius 1 is 1.36 bits per heavy atom. The van der Waals surface area contributed by atoms with Gasteiger partial charge in [0.1, 0.15) is 6.10 Å². The van der Waals surface area contributed by atoms with E-state index in [0.717, 1.165) is 25.1 Å². The van der Waals surface area contributed by atoms with E-state index in [1.807, 2.05) is 12.4 Å². The molecule has 2 aromatic rings. The topological polar surface area (TPSA) is 58.4 Å². The molecule has 2 heterocycles. The van der Waals surface area contributed by atoms with Gasteiger partial charge in [0, 0.05) is 25.2 Å². The Balaban J connectivity index is 1.67. The Morgan fingerprint density at radius 3 is 2.86 bits per heavy atom. The van der Waals surface area contributed by atoms with Gasteiger partial charge in [-0.05, 0) is 18.9 Å². The van der Waals surface area contributed by atoms with E-state index in [0.29, 0.717) is 13.1 Å². The molecule has 0 unspecified atom stereocenters. The first-order valence-corrected chi connectivity index (χ1v) is 7.69. The number of carbonyl (C=O) groups excluding carboxylic acids is 1. The molecule has 116 valence electrons. The van der Waals surface area contributed by atoms with E-state index < -0.39 is 6.10 Å². The summed E-state index contributed by atoms with van der Waals surface area (Å²) in [5, 5.41) is 9.42. The van der Waals surface area contributed by atoms with Gasteiger partial charge in [0.25, 0.3) is 5.91 Å². The van der Waals surface area contributed by atoms with Gasteiger partial charge in [-0.1, -0.05) is 30.3 Å². The van der Waals surface area contributed by atoms with Crippen molar-refractivity contribution in [3.63, 3.8) is 0 Å². The average Bonchev–Trinajstić information content (AvgIpc) is 2.95. The number of fused-ring (bicyclic) bond motifs is 1.